The minimum Gasteiger partial charge on any atom is -0.372 e. The molecule has 4 rings (SSSR count). The summed E-state index contributed by atoms with van der Waals surface area (Å²) in [6, 6.07) is 14.6. The Morgan fingerprint density at radius 2 is 1.95 bits per heavy atom. The molecule has 0 saturated carbocycles. The molecule has 37 heavy (non-hydrogen) atoms. The van der Waals surface area contributed by atoms with Gasteiger partial charge in [0.1, 0.15) is 6.04 Å². The number of benzene rings is 1. The van der Waals surface area contributed by atoms with Gasteiger partial charge in [-0.2, -0.15) is 0 Å². The molecule has 0 bridgehead atoms. The largest absolute Gasteiger partial charge is 0.372 e. The van der Waals surface area contributed by atoms with E-state index in [2.05, 4.69) is 22.4 Å². The molecule has 0 radical (unpaired) electrons. The third-order valence-electron chi connectivity index (χ3n) is 7.38. The fraction of sp³-hybridized carbons (Fsp3) is 0.500. The van der Waals surface area contributed by atoms with Crippen LogP contribution in [0.25, 0.3) is 0 Å². The predicted molar refractivity (Wildman–Crippen MR) is 139 cm³/mol. The van der Waals surface area contributed by atoms with E-state index in [0.29, 0.717) is 32.5 Å². The Balaban J connectivity index is 1.54. The molecule has 2 saturated heterocycles. The van der Waals surface area contributed by atoms with E-state index < -0.39 is 22.9 Å². The van der Waals surface area contributed by atoms with Crippen molar-refractivity contribution in [3.05, 3.63) is 66.0 Å². The second-order valence-electron chi connectivity index (χ2n) is 10.8. The first-order chi connectivity index (χ1) is 17.6. The van der Waals surface area contributed by atoms with E-state index in [9.17, 15) is 14.4 Å². The van der Waals surface area contributed by atoms with Crippen molar-refractivity contribution in [3.63, 3.8) is 0 Å². The van der Waals surface area contributed by atoms with Crippen LogP contribution in [0.3, 0.4) is 0 Å². The van der Waals surface area contributed by atoms with Crippen LogP contribution in [0.15, 0.2) is 54.7 Å². The molecule has 2 aromatic rings. The quantitative estimate of drug-likeness (QED) is 0.562. The van der Waals surface area contributed by atoms with E-state index >= 15 is 0 Å². The zero-order valence-corrected chi connectivity index (χ0v) is 21.9. The Hall–Kier alpha value is -3.30. The molecule has 1 aromatic heterocycles. The smallest absolute Gasteiger partial charge is 0.247 e. The number of nitrogens with zero attached hydrogens (tertiary/aromatic N) is 3. The number of hydrogen-bond donors (Lipinski definition) is 2. The van der Waals surface area contributed by atoms with Crippen LogP contribution in [-0.2, 0) is 25.7 Å². The minimum absolute atomic E-state index is 0.0155. The summed E-state index contributed by atoms with van der Waals surface area (Å²) in [4.78, 5) is 47.8. The third kappa shape index (κ3) is 5.83. The van der Waals surface area contributed by atoms with E-state index in [4.69, 9.17) is 10.5 Å². The van der Waals surface area contributed by atoms with Crippen molar-refractivity contribution in [2.24, 2.45) is 11.1 Å². The standard InChI is InChI=1S/C28H37N5O4/c1-27(2,29)25(35)31-23(18-37-17-21-12-7-8-14-30-21)24(34)33-15-9-13-28(19-33)22(16-32(3)26(28)36)20-10-5-4-6-11-20/h4-8,10-12,14,22-23H,9,13,15-19,29H2,1-3H3,(H,31,35)/t22-,23?,28-/m0/s1. The van der Waals surface area contributed by atoms with Gasteiger partial charge in [0.25, 0.3) is 0 Å². The number of pyridine rings is 1. The van der Waals surface area contributed by atoms with Gasteiger partial charge >= 0.3 is 0 Å². The monoisotopic (exact) mass is 507 g/mol. The highest BCUT2D eigenvalue weighted by atomic mass is 16.5. The summed E-state index contributed by atoms with van der Waals surface area (Å²) in [5.41, 5.74) is 5.97. The highest BCUT2D eigenvalue weighted by Gasteiger charge is 2.55. The summed E-state index contributed by atoms with van der Waals surface area (Å²) < 4.78 is 5.81. The van der Waals surface area contributed by atoms with Crippen molar-refractivity contribution in [1.29, 1.82) is 0 Å². The van der Waals surface area contributed by atoms with Crippen molar-refractivity contribution in [3.8, 4) is 0 Å². The zero-order chi connectivity index (χ0) is 26.6. The van der Waals surface area contributed by atoms with Crippen LogP contribution in [0.4, 0.5) is 0 Å². The summed E-state index contributed by atoms with van der Waals surface area (Å²) in [5, 5.41) is 2.79. The average molecular weight is 508 g/mol. The van der Waals surface area contributed by atoms with Crippen LogP contribution in [-0.4, -0.2) is 77.4 Å². The van der Waals surface area contributed by atoms with Crippen LogP contribution in [0.5, 0.6) is 0 Å². The van der Waals surface area contributed by atoms with E-state index in [1.165, 1.54) is 0 Å². The molecule has 9 heteroatoms. The molecule has 3 N–H and O–H groups in total. The SMILES string of the molecule is CN1C[C@@H](c2ccccc2)[C@@]2(CCCN(C(=O)C(COCc3ccccn3)NC(=O)C(C)(C)N)C2)C1=O. The molecule has 1 unspecified atom stereocenters. The first-order valence-electron chi connectivity index (χ1n) is 12.8. The third-order valence-corrected chi connectivity index (χ3v) is 7.38. The molecule has 3 heterocycles. The summed E-state index contributed by atoms with van der Waals surface area (Å²) in [6.07, 6.45) is 3.08. The van der Waals surface area contributed by atoms with Gasteiger partial charge < -0.3 is 25.6 Å². The molecule has 2 aliphatic rings. The number of nitrogens with one attached hydrogen (secondary N) is 1. The van der Waals surface area contributed by atoms with Crippen molar-refractivity contribution >= 4 is 17.7 Å². The molecule has 9 nitrogen and oxygen atoms in total. The van der Waals surface area contributed by atoms with Crippen molar-refractivity contribution in [2.75, 3.05) is 33.3 Å². The van der Waals surface area contributed by atoms with Crippen LogP contribution in [0.1, 0.15) is 43.9 Å². The van der Waals surface area contributed by atoms with Gasteiger partial charge in [0, 0.05) is 38.8 Å². The van der Waals surface area contributed by atoms with Gasteiger partial charge in [-0.15, -0.1) is 0 Å². The first-order valence-corrected chi connectivity index (χ1v) is 12.8. The number of piperidine rings is 1. The highest BCUT2D eigenvalue weighted by Crippen LogP contribution is 2.49. The van der Waals surface area contributed by atoms with Gasteiger partial charge in [0.05, 0.1) is 29.9 Å². The summed E-state index contributed by atoms with van der Waals surface area (Å²) in [5.74, 6) is -0.670. The summed E-state index contributed by atoms with van der Waals surface area (Å²) >= 11 is 0. The van der Waals surface area contributed by atoms with E-state index in [1.807, 2.05) is 43.4 Å². The number of carbonyl (C=O) groups excluding carboxylic acids is 3. The number of carbonyl (C=O) groups is 3. The summed E-state index contributed by atoms with van der Waals surface area (Å²) in [6.45, 7) is 4.77. The Bertz CT molecular complexity index is 1100. The van der Waals surface area contributed by atoms with E-state index in [0.717, 1.165) is 11.3 Å². The number of nitrogens with two attached hydrogens (primary N) is 1. The highest BCUT2D eigenvalue weighted by molar-refractivity contribution is 5.92. The molecule has 3 amide bonds. The molecular formula is C28H37N5O4. The fourth-order valence-electron chi connectivity index (χ4n) is 5.41. The maximum absolute atomic E-state index is 13.8. The maximum Gasteiger partial charge on any atom is 0.247 e. The predicted octanol–water partition coefficient (Wildman–Crippen LogP) is 1.68. The number of aromatic nitrogens is 1. The number of rotatable bonds is 8. The fourth-order valence-corrected chi connectivity index (χ4v) is 5.41. The lowest BCUT2D eigenvalue weighted by Gasteiger charge is -2.43. The molecule has 2 aliphatic heterocycles. The summed E-state index contributed by atoms with van der Waals surface area (Å²) in [7, 11) is 1.83. The minimum atomic E-state index is -1.16. The number of amides is 3. The van der Waals surface area contributed by atoms with Crippen LogP contribution in [0, 0.1) is 5.41 Å². The number of hydrogen-bond acceptors (Lipinski definition) is 6. The molecule has 3 atom stereocenters. The lowest BCUT2D eigenvalue weighted by atomic mass is 9.69. The van der Waals surface area contributed by atoms with Crippen molar-refractivity contribution < 1.29 is 19.1 Å². The molecule has 1 spiro atoms. The lowest BCUT2D eigenvalue weighted by Crippen LogP contribution is -2.60. The normalized spacial score (nSPS) is 22.8. The second kappa shape index (κ2) is 11.0. The number of likely N-dealkylation sites (tertiary alicyclic amines) is 2. The van der Waals surface area contributed by atoms with E-state index in [1.54, 1.807) is 29.8 Å². The Morgan fingerprint density at radius 3 is 2.62 bits per heavy atom. The van der Waals surface area contributed by atoms with Gasteiger partial charge in [0.15, 0.2) is 0 Å². The molecule has 198 valence electrons. The number of ether oxygens (including phenoxy) is 1. The first kappa shape index (κ1) is 26.8. The Labute approximate surface area is 218 Å². The molecule has 1 aromatic carbocycles. The maximum atomic E-state index is 13.8. The van der Waals surface area contributed by atoms with Crippen LogP contribution >= 0.6 is 0 Å². The second-order valence-corrected chi connectivity index (χ2v) is 10.8. The average Bonchev–Trinajstić information content (AvgIpc) is 3.13. The van der Waals surface area contributed by atoms with Crippen molar-refractivity contribution in [1.82, 2.24) is 20.1 Å². The molecule has 0 aliphatic carbocycles. The Kier molecular flexibility index (Phi) is 7.94. The van der Waals surface area contributed by atoms with Crippen LogP contribution < -0.4 is 11.1 Å². The van der Waals surface area contributed by atoms with Gasteiger partial charge in [-0.3, -0.25) is 19.4 Å². The van der Waals surface area contributed by atoms with Crippen LogP contribution in [0.2, 0.25) is 0 Å². The lowest BCUT2D eigenvalue weighted by molar-refractivity contribution is -0.147. The Morgan fingerprint density at radius 1 is 1.22 bits per heavy atom. The van der Waals surface area contributed by atoms with Gasteiger partial charge in [-0.05, 0) is 44.4 Å². The topological polar surface area (TPSA) is 118 Å². The zero-order valence-electron chi connectivity index (χ0n) is 21.9. The van der Waals surface area contributed by atoms with Gasteiger partial charge in [-0.25, -0.2) is 0 Å². The van der Waals surface area contributed by atoms with Gasteiger partial charge in [0.2, 0.25) is 17.7 Å². The molecular weight excluding hydrogens is 470 g/mol. The number of likely N-dealkylation sites (N-methyl/N-ethyl adjacent to an activating group) is 1. The molecule has 2 fully saturated rings. The van der Waals surface area contributed by atoms with Gasteiger partial charge in [-0.1, -0.05) is 36.4 Å². The van der Waals surface area contributed by atoms with Crippen molar-refractivity contribution in [2.45, 2.75) is 50.8 Å². The van der Waals surface area contributed by atoms with E-state index in [-0.39, 0.29) is 30.9 Å².